The fourth-order valence-electron chi connectivity index (χ4n) is 4.55. The van der Waals surface area contributed by atoms with E-state index in [2.05, 4.69) is 11.4 Å². The molecule has 0 bridgehead atoms. The van der Waals surface area contributed by atoms with E-state index in [1.54, 1.807) is 16.2 Å². The van der Waals surface area contributed by atoms with Crippen LogP contribution in [0.1, 0.15) is 48.1 Å². The average Bonchev–Trinajstić information content (AvgIpc) is 3.36. The standard InChI is InChI=1S/C28H33N3O2S/c1-22-10-8-13-24(18-22)29-28(33)31(25-14-6-3-7-15-25)21-27(32)30(20-26-16-9-17-34-26)19-23-11-4-2-5-12-23/h2,4-5,8-13,16-18,25H,3,6-7,14-15,19-21H2,1H3,(H,29,33). The zero-order valence-corrected chi connectivity index (χ0v) is 20.6. The first-order valence-corrected chi connectivity index (χ1v) is 12.9. The lowest BCUT2D eigenvalue weighted by Crippen LogP contribution is -2.49. The molecule has 1 N–H and O–H groups in total. The van der Waals surface area contributed by atoms with E-state index in [0.29, 0.717) is 13.1 Å². The Morgan fingerprint density at radius 1 is 0.941 bits per heavy atom. The number of thiophene rings is 1. The van der Waals surface area contributed by atoms with Crippen molar-refractivity contribution in [1.82, 2.24) is 9.80 Å². The van der Waals surface area contributed by atoms with Crippen LogP contribution in [0, 0.1) is 6.92 Å². The number of carbonyl (C=O) groups is 2. The third-order valence-electron chi connectivity index (χ3n) is 6.35. The van der Waals surface area contributed by atoms with E-state index in [0.717, 1.165) is 47.4 Å². The predicted octanol–water partition coefficient (Wildman–Crippen LogP) is 6.45. The summed E-state index contributed by atoms with van der Waals surface area (Å²) in [6.45, 7) is 3.16. The molecule has 3 aromatic rings. The molecule has 3 amide bonds. The van der Waals surface area contributed by atoms with Crippen LogP contribution in [0.15, 0.2) is 72.1 Å². The van der Waals surface area contributed by atoms with Crippen molar-refractivity contribution in [2.75, 3.05) is 11.9 Å². The first kappa shape index (κ1) is 24.0. The SMILES string of the molecule is Cc1cccc(NC(=O)N(CC(=O)N(Cc2ccccc2)Cc2cccs2)C2CCCCC2)c1. The van der Waals surface area contributed by atoms with E-state index in [9.17, 15) is 9.59 Å². The number of rotatable bonds is 8. The van der Waals surface area contributed by atoms with Crippen LogP contribution in [-0.4, -0.2) is 34.3 Å². The molecule has 5 nitrogen and oxygen atoms in total. The summed E-state index contributed by atoms with van der Waals surface area (Å²) in [6, 6.07) is 21.8. The van der Waals surface area contributed by atoms with Crippen molar-refractivity contribution in [2.45, 2.75) is 58.2 Å². The highest BCUT2D eigenvalue weighted by molar-refractivity contribution is 7.09. The minimum atomic E-state index is -0.193. The van der Waals surface area contributed by atoms with Gasteiger partial charge in [0.15, 0.2) is 0 Å². The Bertz CT molecular complexity index is 1060. The molecular weight excluding hydrogens is 442 g/mol. The maximum absolute atomic E-state index is 13.6. The van der Waals surface area contributed by atoms with E-state index in [1.165, 1.54) is 6.42 Å². The largest absolute Gasteiger partial charge is 0.332 e. The summed E-state index contributed by atoms with van der Waals surface area (Å²) in [4.78, 5) is 31.8. The molecule has 2 aromatic carbocycles. The van der Waals surface area contributed by atoms with Crippen molar-refractivity contribution < 1.29 is 9.59 Å². The number of aryl methyl sites for hydroxylation is 1. The van der Waals surface area contributed by atoms with Crippen molar-refractivity contribution in [3.63, 3.8) is 0 Å². The second kappa shape index (κ2) is 11.8. The van der Waals surface area contributed by atoms with Crippen LogP contribution in [-0.2, 0) is 17.9 Å². The third kappa shape index (κ3) is 6.70. The lowest BCUT2D eigenvalue weighted by atomic mass is 9.94. The van der Waals surface area contributed by atoms with Crippen LogP contribution >= 0.6 is 11.3 Å². The number of benzene rings is 2. The molecule has 1 aliphatic carbocycles. The number of hydrogen-bond acceptors (Lipinski definition) is 3. The van der Waals surface area contributed by atoms with Crippen molar-refractivity contribution >= 4 is 29.0 Å². The molecule has 0 saturated heterocycles. The van der Waals surface area contributed by atoms with Gasteiger partial charge in [-0.05, 0) is 54.5 Å². The normalized spacial score (nSPS) is 13.9. The van der Waals surface area contributed by atoms with Gasteiger partial charge in [-0.25, -0.2) is 4.79 Å². The van der Waals surface area contributed by atoms with Gasteiger partial charge in [0.2, 0.25) is 5.91 Å². The fraction of sp³-hybridized carbons (Fsp3) is 0.357. The van der Waals surface area contributed by atoms with Gasteiger partial charge in [0.1, 0.15) is 6.54 Å². The molecule has 4 rings (SSSR count). The minimum absolute atomic E-state index is 0.0257. The lowest BCUT2D eigenvalue weighted by Gasteiger charge is -2.35. The molecule has 1 saturated carbocycles. The number of anilines is 1. The quantitative estimate of drug-likeness (QED) is 0.407. The number of hydrogen-bond donors (Lipinski definition) is 1. The Labute approximate surface area is 206 Å². The van der Waals surface area contributed by atoms with Gasteiger partial charge < -0.3 is 15.1 Å². The molecule has 1 aliphatic rings. The summed E-state index contributed by atoms with van der Waals surface area (Å²) < 4.78 is 0. The number of nitrogens with zero attached hydrogens (tertiary/aromatic N) is 2. The molecule has 0 spiro atoms. The van der Waals surface area contributed by atoms with Crippen molar-refractivity contribution in [3.05, 3.63) is 88.1 Å². The molecule has 0 unspecified atom stereocenters. The molecule has 1 heterocycles. The molecule has 6 heteroatoms. The Morgan fingerprint density at radius 2 is 1.74 bits per heavy atom. The molecule has 0 radical (unpaired) electrons. The molecule has 1 aromatic heterocycles. The molecule has 0 aliphatic heterocycles. The summed E-state index contributed by atoms with van der Waals surface area (Å²) in [5.41, 5.74) is 2.93. The van der Waals surface area contributed by atoms with Crippen LogP contribution in [0.25, 0.3) is 0 Å². The van der Waals surface area contributed by atoms with Crippen LogP contribution in [0.5, 0.6) is 0 Å². The summed E-state index contributed by atoms with van der Waals surface area (Å²) in [5.74, 6) is -0.0257. The van der Waals surface area contributed by atoms with Crippen LogP contribution in [0.2, 0.25) is 0 Å². The van der Waals surface area contributed by atoms with Gasteiger partial charge in [0.05, 0.1) is 6.54 Å². The second-order valence-corrected chi connectivity index (χ2v) is 10.1. The van der Waals surface area contributed by atoms with E-state index in [1.807, 2.05) is 77.9 Å². The average molecular weight is 476 g/mol. The monoisotopic (exact) mass is 475 g/mol. The maximum Gasteiger partial charge on any atom is 0.322 e. The summed E-state index contributed by atoms with van der Waals surface area (Å²) >= 11 is 1.65. The van der Waals surface area contributed by atoms with Gasteiger partial charge in [-0.3, -0.25) is 4.79 Å². The second-order valence-electron chi connectivity index (χ2n) is 9.03. The maximum atomic E-state index is 13.6. The molecule has 1 fully saturated rings. The van der Waals surface area contributed by atoms with Gasteiger partial charge in [-0.2, -0.15) is 0 Å². The van der Waals surface area contributed by atoms with Crippen LogP contribution in [0.4, 0.5) is 10.5 Å². The number of urea groups is 1. The Balaban J connectivity index is 1.52. The van der Waals surface area contributed by atoms with Crippen molar-refractivity contribution in [3.8, 4) is 0 Å². The molecule has 0 atom stereocenters. The smallest absolute Gasteiger partial charge is 0.322 e. The minimum Gasteiger partial charge on any atom is -0.332 e. The van der Waals surface area contributed by atoms with Crippen LogP contribution < -0.4 is 5.32 Å². The number of nitrogens with one attached hydrogen (secondary N) is 1. The van der Waals surface area contributed by atoms with Gasteiger partial charge in [0, 0.05) is 23.2 Å². The van der Waals surface area contributed by atoms with E-state index in [4.69, 9.17) is 0 Å². The number of carbonyl (C=O) groups excluding carboxylic acids is 2. The summed E-state index contributed by atoms with van der Waals surface area (Å²) in [5, 5.41) is 5.07. The van der Waals surface area contributed by atoms with Crippen molar-refractivity contribution in [1.29, 1.82) is 0 Å². The number of amides is 3. The molecule has 178 valence electrons. The topological polar surface area (TPSA) is 52.7 Å². The predicted molar refractivity (Wildman–Crippen MR) is 139 cm³/mol. The van der Waals surface area contributed by atoms with Gasteiger partial charge in [0.25, 0.3) is 0 Å². The van der Waals surface area contributed by atoms with Gasteiger partial charge in [-0.1, -0.05) is 67.8 Å². The molecular formula is C28H33N3O2S. The van der Waals surface area contributed by atoms with E-state index in [-0.39, 0.29) is 24.5 Å². The zero-order chi connectivity index (χ0) is 23.8. The third-order valence-corrected chi connectivity index (χ3v) is 7.21. The Hall–Kier alpha value is -3.12. The highest BCUT2D eigenvalue weighted by Gasteiger charge is 2.29. The zero-order valence-electron chi connectivity index (χ0n) is 19.8. The first-order valence-electron chi connectivity index (χ1n) is 12.1. The molecule has 34 heavy (non-hydrogen) atoms. The van der Waals surface area contributed by atoms with Crippen LogP contribution in [0.3, 0.4) is 0 Å². The fourth-order valence-corrected chi connectivity index (χ4v) is 5.27. The summed E-state index contributed by atoms with van der Waals surface area (Å²) in [7, 11) is 0. The highest BCUT2D eigenvalue weighted by atomic mass is 32.1. The van der Waals surface area contributed by atoms with E-state index < -0.39 is 0 Å². The first-order chi connectivity index (χ1) is 16.6. The highest BCUT2D eigenvalue weighted by Crippen LogP contribution is 2.24. The van der Waals surface area contributed by atoms with Gasteiger partial charge in [-0.15, -0.1) is 11.3 Å². The summed E-state index contributed by atoms with van der Waals surface area (Å²) in [6.07, 6.45) is 5.26. The Kier molecular flexibility index (Phi) is 8.36. The lowest BCUT2D eigenvalue weighted by molar-refractivity contribution is -0.133. The van der Waals surface area contributed by atoms with E-state index >= 15 is 0 Å². The van der Waals surface area contributed by atoms with Gasteiger partial charge >= 0.3 is 6.03 Å². The van der Waals surface area contributed by atoms with Crippen molar-refractivity contribution in [2.24, 2.45) is 0 Å². The Morgan fingerprint density at radius 3 is 2.44 bits per heavy atom.